The van der Waals surface area contributed by atoms with Crippen molar-refractivity contribution in [2.75, 3.05) is 13.1 Å². The molecule has 3 rings (SSSR count). The SMILES string of the molecule is O=C(N[C@]1(C(=O)NO)CCCNC1)c1ccc(-c2ccccc2)cc1. The Morgan fingerprint density at radius 3 is 2.28 bits per heavy atom. The van der Waals surface area contributed by atoms with E-state index in [0.29, 0.717) is 12.0 Å². The molecule has 0 radical (unpaired) electrons. The third kappa shape index (κ3) is 3.70. The molecule has 1 fully saturated rings. The molecule has 6 heteroatoms. The first-order valence-electron chi connectivity index (χ1n) is 8.28. The van der Waals surface area contributed by atoms with Crippen molar-refractivity contribution in [3.63, 3.8) is 0 Å². The van der Waals surface area contributed by atoms with E-state index in [4.69, 9.17) is 5.21 Å². The Balaban J connectivity index is 1.77. The van der Waals surface area contributed by atoms with Gasteiger partial charge in [-0.05, 0) is 42.6 Å². The van der Waals surface area contributed by atoms with Crippen LogP contribution in [0.15, 0.2) is 54.6 Å². The summed E-state index contributed by atoms with van der Waals surface area (Å²) in [6, 6.07) is 17.1. The predicted octanol–water partition coefficient (Wildman–Crippen LogP) is 1.71. The highest BCUT2D eigenvalue weighted by Crippen LogP contribution is 2.21. The molecule has 2 aromatic carbocycles. The van der Waals surface area contributed by atoms with Crippen LogP contribution in [0.2, 0.25) is 0 Å². The molecule has 6 nitrogen and oxygen atoms in total. The van der Waals surface area contributed by atoms with E-state index >= 15 is 0 Å². The molecule has 25 heavy (non-hydrogen) atoms. The molecule has 1 saturated heterocycles. The molecule has 1 heterocycles. The first-order chi connectivity index (χ1) is 12.1. The van der Waals surface area contributed by atoms with Gasteiger partial charge in [-0.25, -0.2) is 5.48 Å². The third-order valence-electron chi connectivity index (χ3n) is 4.53. The fourth-order valence-electron chi connectivity index (χ4n) is 3.10. The van der Waals surface area contributed by atoms with Crippen molar-refractivity contribution in [3.05, 3.63) is 60.2 Å². The molecular weight excluding hydrogens is 318 g/mol. The predicted molar refractivity (Wildman–Crippen MR) is 94.1 cm³/mol. The zero-order valence-corrected chi connectivity index (χ0v) is 13.8. The van der Waals surface area contributed by atoms with Gasteiger partial charge in [0.15, 0.2) is 0 Å². The molecule has 0 unspecified atom stereocenters. The van der Waals surface area contributed by atoms with E-state index in [9.17, 15) is 9.59 Å². The van der Waals surface area contributed by atoms with Crippen LogP contribution < -0.4 is 16.1 Å². The molecule has 1 aliphatic heterocycles. The lowest BCUT2D eigenvalue weighted by molar-refractivity contribution is -0.136. The van der Waals surface area contributed by atoms with Crippen LogP contribution in [0.1, 0.15) is 23.2 Å². The van der Waals surface area contributed by atoms with E-state index in [1.165, 1.54) is 0 Å². The second kappa shape index (κ2) is 7.46. The Hall–Kier alpha value is -2.70. The summed E-state index contributed by atoms with van der Waals surface area (Å²) in [6.07, 6.45) is 1.21. The lowest BCUT2D eigenvalue weighted by Crippen LogP contribution is -2.65. The Morgan fingerprint density at radius 2 is 1.68 bits per heavy atom. The minimum absolute atomic E-state index is 0.285. The molecule has 0 aromatic heterocycles. The Bertz CT molecular complexity index is 738. The van der Waals surface area contributed by atoms with Crippen molar-refractivity contribution in [3.8, 4) is 11.1 Å². The number of nitrogens with one attached hydrogen (secondary N) is 3. The van der Waals surface area contributed by atoms with Crippen molar-refractivity contribution < 1.29 is 14.8 Å². The molecule has 0 saturated carbocycles. The summed E-state index contributed by atoms with van der Waals surface area (Å²) in [5.74, 6) is -0.944. The summed E-state index contributed by atoms with van der Waals surface area (Å²) in [5.41, 5.74) is 3.09. The Labute approximate surface area is 146 Å². The summed E-state index contributed by atoms with van der Waals surface area (Å²) in [5, 5.41) is 14.9. The zero-order valence-electron chi connectivity index (χ0n) is 13.8. The van der Waals surface area contributed by atoms with Crippen LogP contribution in [0.3, 0.4) is 0 Å². The van der Waals surface area contributed by atoms with Crippen LogP contribution in [0.5, 0.6) is 0 Å². The standard InChI is InChI=1S/C19H21N3O3/c23-17(21-19(18(24)22-25)11-4-12-20-13-19)16-9-7-15(8-10-16)14-5-2-1-3-6-14/h1-3,5-10,20,25H,4,11-13H2,(H,21,23)(H,22,24)/t19-/m1/s1. The van der Waals surface area contributed by atoms with E-state index in [2.05, 4.69) is 10.6 Å². The summed E-state index contributed by atoms with van der Waals surface area (Å²) in [4.78, 5) is 24.7. The van der Waals surface area contributed by atoms with E-state index in [1.54, 1.807) is 17.6 Å². The van der Waals surface area contributed by atoms with Gasteiger partial charge in [-0.1, -0.05) is 42.5 Å². The lowest BCUT2D eigenvalue weighted by atomic mass is 9.88. The number of hydrogen-bond donors (Lipinski definition) is 4. The first-order valence-corrected chi connectivity index (χ1v) is 8.28. The van der Waals surface area contributed by atoms with Crippen molar-refractivity contribution in [2.24, 2.45) is 0 Å². The second-order valence-corrected chi connectivity index (χ2v) is 6.20. The lowest BCUT2D eigenvalue weighted by Gasteiger charge is -2.36. The van der Waals surface area contributed by atoms with Gasteiger partial charge >= 0.3 is 0 Å². The number of rotatable bonds is 4. The van der Waals surface area contributed by atoms with Crippen LogP contribution in [0.25, 0.3) is 11.1 Å². The Kier molecular flexibility index (Phi) is 5.11. The highest BCUT2D eigenvalue weighted by atomic mass is 16.5. The van der Waals surface area contributed by atoms with Gasteiger partial charge in [-0.2, -0.15) is 0 Å². The highest BCUT2D eigenvalue weighted by Gasteiger charge is 2.41. The van der Waals surface area contributed by atoms with Crippen LogP contribution in [0.4, 0.5) is 0 Å². The van der Waals surface area contributed by atoms with Gasteiger partial charge in [0, 0.05) is 12.1 Å². The molecule has 2 amide bonds. The summed E-state index contributed by atoms with van der Waals surface area (Å²) in [6.45, 7) is 1.06. The Morgan fingerprint density at radius 1 is 1.00 bits per heavy atom. The monoisotopic (exact) mass is 339 g/mol. The van der Waals surface area contributed by atoms with Crippen molar-refractivity contribution in [2.45, 2.75) is 18.4 Å². The van der Waals surface area contributed by atoms with Gasteiger partial charge in [0.2, 0.25) is 0 Å². The highest BCUT2D eigenvalue weighted by molar-refractivity contribution is 5.99. The first kappa shape index (κ1) is 17.1. The maximum Gasteiger partial charge on any atom is 0.270 e. The average Bonchev–Trinajstić information content (AvgIpc) is 2.68. The maximum atomic E-state index is 12.6. The van der Waals surface area contributed by atoms with Gasteiger partial charge in [0.1, 0.15) is 5.54 Å². The molecular formula is C19H21N3O3. The number of carbonyl (C=O) groups excluding carboxylic acids is 2. The number of piperidine rings is 1. The van der Waals surface area contributed by atoms with Crippen molar-refractivity contribution in [1.82, 2.24) is 16.1 Å². The maximum absolute atomic E-state index is 12.6. The van der Waals surface area contributed by atoms with Crippen molar-refractivity contribution in [1.29, 1.82) is 0 Å². The summed E-state index contributed by atoms with van der Waals surface area (Å²) >= 11 is 0. The van der Waals surface area contributed by atoms with E-state index in [1.807, 2.05) is 42.5 Å². The summed E-state index contributed by atoms with van der Waals surface area (Å²) < 4.78 is 0. The summed E-state index contributed by atoms with van der Waals surface area (Å²) in [7, 11) is 0. The van der Waals surface area contributed by atoms with Crippen molar-refractivity contribution >= 4 is 11.8 Å². The molecule has 0 spiro atoms. The van der Waals surface area contributed by atoms with Crippen LogP contribution in [-0.2, 0) is 4.79 Å². The van der Waals surface area contributed by atoms with Gasteiger partial charge in [0.05, 0.1) is 0 Å². The second-order valence-electron chi connectivity index (χ2n) is 6.20. The molecule has 130 valence electrons. The minimum atomic E-state index is -1.14. The molecule has 1 atom stereocenters. The number of hydrogen-bond acceptors (Lipinski definition) is 4. The van der Waals surface area contributed by atoms with Crippen LogP contribution in [-0.4, -0.2) is 35.7 Å². The quantitative estimate of drug-likeness (QED) is 0.504. The topological polar surface area (TPSA) is 90.5 Å². The molecule has 2 aromatic rings. The third-order valence-corrected chi connectivity index (χ3v) is 4.53. The molecule has 1 aliphatic rings. The van der Waals surface area contributed by atoms with Crippen LogP contribution >= 0.6 is 0 Å². The fourth-order valence-corrected chi connectivity index (χ4v) is 3.10. The van der Waals surface area contributed by atoms with E-state index in [-0.39, 0.29) is 12.5 Å². The van der Waals surface area contributed by atoms with Gasteiger partial charge in [-0.15, -0.1) is 0 Å². The molecule has 0 bridgehead atoms. The van der Waals surface area contributed by atoms with Gasteiger partial charge in [0.25, 0.3) is 11.8 Å². The zero-order chi connectivity index (χ0) is 17.7. The number of amides is 2. The fraction of sp³-hybridized carbons (Fsp3) is 0.263. The molecule has 4 N–H and O–H groups in total. The minimum Gasteiger partial charge on any atom is -0.336 e. The smallest absolute Gasteiger partial charge is 0.270 e. The number of carbonyl (C=O) groups is 2. The van der Waals surface area contributed by atoms with E-state index < -0.39 is 11.4 Å². The molecule has 0 aliphatic carbocycles. The van der Waals surface area contributed by atoms with Gasteiger partial charge in [-0.3, -0.25) is 14.8 Å². The largest absolute Gasteiger partial charge is 0.336 e. The number of benzene rings is 2. The van der Waals surface area contributed by atoms with Gasteiger partial charge < -0.3 is 10.6 Å². The average molecular weight is 339 g/mol. The van der Waals surface area contributed by atoms with E-state index in [0.717, 1.165) is 24.1 Å². The van der Waals surface area contributed by atoms with Crippen LogP contribution in [0, 0.1) is 0 Å². The number of hydroxylamine groups is 1. The normalized spacial score (nSPS) is 19.9.